The molecular weight excluding hydrogens is 146 g/mol. The van der Waals surface area contributed by atoms with Crippen LogP contribution >= 0.6 is 0 Å². The van der Waals surface area contributed by atoms with Gasteiger partial charge in [-0.2, -0.15) is 0 Å². The van der Waals surface area contributed by atoms with E-state index < -0.39 is 0 Å². The van der Waals surface area contributed by atoms with Crippen molar-refractivity contribution in [1.82, 2.24) is 0 Å². The van der Waals surface area contributed by atoms with E-state index in [9.17, 15) is 0 Å². The molecule has 0 N–H and O–H groups in total. The minimum Gasteiger partial charge on any atom is -0.269 e. The summed E-state index contributed by atoms with van der Waals surface area (Å²) in [6.45, 7) is 7.75. The second-order valence-electron chi connectivity index (χ2n) is 2.80. The lowest BCUT2D eigenvalue weighted by atomic mass is 10.1. The van der Waals surface area contributed by atoms with E-state index in [2.05, 4.69) is 18.6 Å². The molecule has 0 radical (unpaired) electrons. The Kier molecular flexibility index (Phi) is 7.66. The van der Waals surface area contributed by atoms with Gasteiger partial charge in [0, 0.05) is 5.70 Å². The average molecular weight is 165 g/mol. The first-order valence-corrected chi connectivity index (χ1v) is 4.63. The van der Waals surface area contributed by atoms with Crippen molar-refractivity contribution >= 4 is 6.72 Å². The third-order valence-corrected chi connectivity index (χ3v) is 1.72. The van der Waals surface area contributed by atoms with Crippen molar-refractivity contribution in [3.05, 3.63) is 23.9 Å². The van der Waals surface area contributed by atoms with Gasteiger partial charge >= 0.3 is 0 Å². The molecule has 0 aliphatic rings. The van der Waals surface area contributed by atoms with Gasteiger partial charge in [0.05, 0.1) is 0 Å². The van der Waals surface area contributed by atoms with Crippen molar-refractivity contribution < 1.29 is 0 Å². The molecule has 0 aliphatic carbocycles. The standard InChI is InChI=1S/C11H19N/c1-4-6-8-10-11(12-3)9-7-5-2/h5,7,9H,3-4,6,8,10H2,1-2H3/b7-5-,11-9-. The van der Waals surface area contributed by atoms with E-state index in [1.165, 1.54) is 19.3 Å². The molecule has 0 fully saturated rings. The molecular formula is C11H19N. The van der Waals surface area contributed by atoms with Gasteiger partial charge in [-0.25, -0.2) is 0 Å². The Morgan fingerprint density at radius 2 is 2.17 bits per heavy atom. The van der Waals surface area contributed by atoms with Crippen LogP contribution in [0.2, 0.25) is 0 Å². The minimum absolute atomic E-state index is 1.06. The quantitative estimate of drug-likeness (QED) is 0.323. The fourth-order valence-electron chi connectivity index (χ4n) is 0.979. The Labute approximate surface area is 75.9 Å². The maximum atomic E-state index is 3.96. The van der Waals surface area contributed by atoms with Crippen LogP contribution in [0.25, 0.3) is 0 Å². The molecule has 1 nitrogen and oxygen atoms in total. The van der Waals surface area contributed by atoms with Crippen LogP contribution in [0.3, 0.4) is 0 Å². The first-order valence-electron chi connectivity index (χ1n) is 4.63. The number of allylic oxidation sites excluding steroid dienone is 4. The van der Waals surface area contributed by atoms with E-state index in [1.807, 2.05) is 25.2 Å². The summed E-state index contributed by atoms with van der Waals surface area (Å²) in [7, 11) is 0. The summed E-state index contributed by atoms with van der Waals surface area (Å²) in [4.78, 5) is 3.96. The molecule has 0 aliphatic heterocycles. The predicted molar refractivity (Wildman–Crippen MR) is 56.6 cm³/mol. The summed E-state index contributed by atoms with van der Waals surface area (Å²) in [6, 6.07) is 0. The van der Waals surface area contributed by atoms with Crippen LogP contribution in [0.4, 0.5) is 0 Å². The number of hydrogen-bond acceptors (Lipinski definition) is 1. The molecule has 0 rings (SSSR count). The fourth-order valence-corrected chi connectivity index (χ4v) is 0.979. The summed E-state index contributed by atoms with van der Waals surface area (Å²) in [5.74, 6) is 0. The van der Waals surface area contributed by atoms with Crippen molar-refractivity contribution in [2.24, 2.45) is 4.99 Å². The van der Waals surface area contributed by atoms with E-state index in [0.29, 0.717) is 0 Å². The van der Waals surface area contributed by atoms with E-state index in [4.69, 9.17) is 0 Å². The molecule has 12 heavy (non-hydrogen) atoms. The summed E-state index contributed by atoms with van der Waals surface area (Å²) in [5, 5.41) is 0. The first kappa shape index (κ1) is 11.2. The molecule has 68 valence electrons. The van der Waals surface area contributed by atoms with Crippen LogP contribution in [0, 0.1) is 0 Å². The molecule has 0 aromatic heterocycles. The third kappa shape index (κ3) is 5.90. The Morgan fingerprint density at radius 1 is 1.42 bits per heavy atom. The average Bonchev–Trinajstić information content (AvgIpc) is 2.11. The van der Waals surface area contributed by atoms with Gasteiger partial charge in [-0.3, -0.25) is 4.99 Å². The van der Waals surface area contributed by atoms with Gasteiger partial charge in [0.1, 0.15) is 0 Å². The van der Waals surface area contributed by atoms with Gasteiger partial charge in [-0.05, 0) is 32.6 Å². The molecule has 0 aromatic carbocycles. The smallest absolute Gasteiger partial charge is 0.0396 e. The molecule has 0 unspecified atom stereocenters. The molecule has 0 amide bonds. The first-order chi connectivity index (χ1) is 5.85. The predicted octanol–water partition coefficient (Wildman–Crippen LogP) is 3.73. The van der Waals surface area contributed by atoms with Crippen molar-refractivity contribution in [2.75, 3.05) is 0 Å². The molecule has 0 bridgehead atoms. The number of unbranched alkanes of at least 4 members (excludes halogenated alkanes) is 2. The van der Waals surface area contributed by atoms with Gasteiger partial charge in [-0.15, -0.1) is 0 Å². The Bertz CT molecular complexity index is 166. The molecule has 0 aromatic rings. The largest absolute Gasteiger partial charge is 0.269 e. The number of hydrogen-bond donors (Lipinski definition) is 0. The molecule has 0 heterocycles. The SMILES string of the molecule is C=N/C(=C\C=C/C)CCCCC. The highest BCUT2D eigenvalue weighted by Crippen LogP contribution is 2.09. The lowest BCUT2D eigenvalue weighted by Crippen LogP contribution is -1.79. The highest BCUT2D eigenvalue weighted by atomic mass is 14.7. The zero-order chi connectivity index (χ0) is 9.23. The minimum atomic E-state index is 1.06. The van der Waals surface area contributed by atoms with E-state index >= 15 is 0 Å². The van der Waals surface area contributed by atoms with Gasteiger partial charge in [0.2, 0.25) is 0 Å². The molecule has 1 heteroatoms. The van der Waals surface area contributed by atoms with Gasteiger partial charge < -0.3 is 0 Å². The zero-order valence-electron chi connectivity index (χ0n) is 8.21. The molecule has 0 saturated carbocycles. The highest BCUT2D eigenvalue weighted by Gasteiger charge is 1.91. The maximum Gasteiger partial charge on any atom is 0.0396 e. The van der Waals surface area contributed by atoms with E-state index in [1.54, 1.807) is 0 Å². The second kappa shape index (κ2) is 8.25. The Balaban J connectivity index is 3.74. The van der Waals surface area contributed by atoms with Crippen molar-refractivity contribution in [3.63, 3.8) is 0 Å². The summed E-state index contributed by atoms with van der Waals surface area (Å²) in [6.07, 6.45) is 10.9. The third-order valence-electron chi connectivity index (χ3n) is 1.72. The zero-order valence-corrected chi connectivity index (χ0v) is 8.21. The Hall–Kier alpha value is -0.850. The van der Waals surface area contributed by atoms with Crippen LogP contribution in [0.5, 0.6) is 0 Å². The maximum absolute atomic E-state index is 3.96. The van der Waals surface area contributed by atoms with E-state index in [0.717, 1.165) is 12.1 Å². The van der Waals surface area contributed by atoms with E-state index in [-0.39, 0.29) is 0 Å². The number of aliphatic imine (C=N–C) groups is 1. The van der Waals surface area contributed by atoms with Crippen LogP contribution in [-0.2, 0) is 0 Å². The molecule has 0 spiro atoms. The topological polar surface area (TPSA) is 12.4 Å². The van der Waals surface area contributed by atoms with Crippen molar-refractivity contribution in [2.45, 2.75) is 39.5 Å². The van der Waals surface area contributed by atoms with Crippen molar-refractivity contribution in [1.29, 1.82) is 0 Å². The van der Waals surface area contributed by atoms with Crippen LogP contribution in [0.1, 0.15) is 39.5 Å². The second-order valence-corrected chi connectivity index (χ2v) is 2.80. The van der Waals surface area contributed by atoms with Crippen LogP contribution in [-0.4, -0.2) is 6.72 Å². The van der Waals surface area contributed by atoms with Gasteiger partial charge in [-0.1, -0.05) is 31.9 Å². The summed E-state index contributed by atoms with van der Waals surface area (Å²) < 4.78 is 0. The highest BCUT2D eigenvalue weighted by molar-refractivity contribution is 5.30. The number of nitrogens with zero attached hydrogens (tertiary/aromatic N) is 1. The summed E-state index contributed by atoms with van der Waals surface area (Å²) >= 11 is 0. The lowest BCUT2D eigenvalue weighted by molar-refractivity contribution is 0.710. The Morgan fingerprint density at radius 3 is 2.67 bits per heavy atom. The van der Waals surface area contributed by atoms with Crippen molar-refractivity contribution in [3.8, 4) is 0 Å². The van der Waals surface area contributed by atoms with Gasteiger partial charge in [0.15, 0.2) is 0 Å². The molecule has 0 atom stereocenters. The van der Waals surface area contributed by atoms with Crippen LogP contribution in [0.15, 0.2) is 28.9 Å². The normalized spacial score (nSPS) is 12.3. The monoisotopic (exact) mass is 165 g/mol. The lowest BCUT2D eigenvalue weighted by Gasteiger charge is -1.98. The molecule has 0 saturated heterocycles. The number of rotatable bonds is 6. The fraction of sp³-hybridized carbons (Fsp3) is 0.545. The van der Waals surface area contributed by atoms with Crippen LogP contribution < -0.4 is 0 Å². The van der Waals surface area contributed by atoms with Gasteiger partial charge in [0.25, 0.3) is 0 Å². The summed E-state index contributed by atoms with van der Waals surface area (Å²) in [5.41, 5.74) is 1.10.